The Hall–Kier alpha value is -4.34. The number of methoxy groups -OCH3 is 1. The molecule has 140 valence electrons. The second kappa shape index (κ2) is 9.04. The van der Waals surface area contributed by atoms with Gasteiger partial charge in [-0.25, -0.2) is 4.98 Å². The smallest absolute Gasteiger partial charge is 0.163 e. The summed E-state index contributed by atoms with van der Waals surface area (Å²) in [5, 5.41) is 31.2. The molecule has 1 heterocycles. The van der Waals surface area contributed by atoms with Gasteiger partial charge in [-0.3, -0.25) is 0 Å². The first-order chi connectivity index (χ1) is 14.2. The molecule has 1 N–H and O–H groups in total. The van der Waals surface area contributed by atoms with Gasteiger partial charge in [-0.2, -0.15) is 15.8 Å². The fourth-order valence-electron chi connectivity index (χ4n) is 3.01. The number of aryl methyl sites for hydroxylation is 2. The van der Waals surface area contributed by atoms with Gasteiger partial charge in [0.25, 0.3) is 0 Å². The summed E-state index contributed by atoms with van der Waals surface area (Å²) in [4.78, 5) is 4.73. The zero-order chi connectivity index (χ0) is 20.6. The Morgan fingerprint density at radius 3 is 2.45 bits per heavy atom. The van der Waals surface area contributed by atoms with E-state index in [0.29, 0.717) is 18.5 Å². The fourth-order valence-corrected chi connectivity index (χ4v) is 3.01. The Morgan fingerprint density at radius 2 is 1.72 bits per heavy atom. The number of pyridine rings is 1. The van der Waals surface area contributed by atoms with E-state index >= 15 is 0 Å². The van der Waals surface area contributed by atoms with Crippen molar-refractivity contribution < 1.29 is 4.74 Å². The van der Waals surface area contributed by atoms with Crippen LogP contribution in [0.25, 0.3) is 10.9 Å². The van der Waals surface area contributed by atoms with Crippen LogP contribution in [-0.2, 0) is 12.8 Å². The number of ether oxygens (including phenoxy) is 1. The first-order valence-corrected chi connectivity index (χ1v) is 8.92. The minimum atomic E-state index is -0.245. The molecule has 6 nitrogen and oxygen atoms in total. The van der Waals surface area contributed by atoms with E-state index in [4.69, 9.17) is 20.2 Å². The van der Waals surface area contributed by atoms with Crippen LogP contribution in [-0.4, -0.2) is 12.1 Å². The van der Waals surface area contributed by atoms with E-state index in [0.717, 1.165) is 27.9 Å². The largest absolute Gasteiger partial charge is 0.494 e. The number of anilines is 1. The molecule has 3 aromatic rings. The maximum Gasteiger partial charge on any atom is 0.163 e. The molecule has 0 aliphatic heterocycles. The number of para-hydroxylation sites is 2. The Balaban J connectivity index is 1.85. The summed E-state index contributed by atoms with van der Waals surface area (Å²) in [5.41, 5.74) is 3.08. The van der Waals surface area contributed by atoms with Crippen LogP contribution in [0.5, 0.6) is 5.75 Å². The number of nitrogens with one attached hydrogen (secondary N) is 1. The van der Waals surface area contributed by atoms with E-state index in [-0.39, 0.29) is 11.3 Å². The van der Waals surface area contributed by atoms with Gasteiger partial charge in [0.2, 0.25) is 0 Å². The number of nitrogens with zero attached hydrogens (tertiary/aromatic N) is 4. The van der Waals surface area contributed by atoms with E-state index in [2.05, 4.69) is 5.32 Å². The molecule has 1 aromatic heterocycles. The molecule has 0 saturated heterocycles. The lowest BCUT2D eigenvalue weighted by molar-refractivity contribution is 0.419. The molecule has 2 aromatic carbocycles. The normalized spacial score (nSPS) is 9.72. The van der Waals surface area contributed by atoms with E-state index in [1.54, 1.807) is 19.2 Å². The lowest BCUT2D eigenvalue weighted by Gasteiger charge is -2.12. The van der Waals surface area contributed by atoms with Crippen LogP contribution in [0, 0.1) is 34.0 Å². The van der Waals surface area contributed by atoms with Gasteiger partial charge in [0.15, 0.2) is 5.57 Å². The van der Waals surface area contributed by atoms with Crippen molar-refractivity contribution in [2.45, 2.75) is 12.8 Å². The first kappa shape index (κ1) is 19.4. The number of allylic oxidation sites excluding steroid dienone is 2. The minimum absolute atomic E-state index is 0.0592. The van der Waals surface area contributed by atoms with Crippen LogP contribution in [0.15, 0.2) is 65.9 Å². The molecular weight excluding hydrogens is 362 g/mol. The zero-order valence-electron chi connectivity index (χ0n) is 15.8. The van der Waals surface area contributed by atoms with Crippen molar-refractivity contribution in [1.82, 2.24) is 4.98 Å². The number of rotatable bonds is 6. The van der Waals surface area contributed by atoms with Crippen molar-refractivity contribution >= 4 is 16.6 Å². The van der Waals surface area contributed by atoms with Crippen molar-refractivity contribution in [2.75, 3.05) is 12.4 Å². The number of benzene rings is 2. The number of hydrogen-bond acceptors (Lipinski definition) is 6. The van der Waals surface area contributed by atoms with Crippen molar-refractivity contribution in [3.8, 4) is 24.0 Å². The molecule has 0 spiro atoms. The first-order valence-electron chi connectivity index (χ1n) is 8.92. The monoisotopic (exact) mass is 379 g/mol. The zero-order valence-corrected chi connectivity index (χ0v) is 15.8. The average Bonchev–Trinajstić information content (AvgIpc) is 2.77. The van der Waals surface area contributed by atoms with Gasteiger partial charge in [0.05, 0.1) is 7.11 Å². The molecule has 29 heavy (non-hydrogen) atoms. The summed E-state index contributed by atoms with van der Waals surface area (Å²) < 4.78 is 5.40. The van der Waals surface area contributed by atoms with E-state index in [1.807, 2.05) is 60.7 Å². The van der Waals surface area contributed by atoms with Gasteiger partial charge in [-0.05, 0) is 36.6 Å². The summed E-state index contributed by atoms with van der Waals surface area (Å²) >= 11 is 0. The van der Waals surface area contributed by atoms with Crippen LogP contribution in [0.2, 0.25) is 0 Å². The third kappa shape index (κ3) is 4.33. The maximum absolute atomic E-state index is 9.27. The maximum atomic E-state index is 9.27. The molecule has 3 rings (SSSR count). The van der Waals surface area contributed by atoms with Gasteiger partial charge in [-0.1, -0.05) is 36.4 Å². The fraction of sp³-hybridized carbons (Fsp3) is 0.130. The lowest BCUT2D eigenvalue weighted by atomic mass is 10.0. The quantitative estimate of drug-likeness (QED) is 0.641. The standard InChI is InChI=1S/C23H17N5O/c1-29-22-8-4-6-17-10-12-19(27-23(17)22)11-9-16-5-2-3-7-20(16)28-21(15-26)18(13-24)14-25/h2-8,10,12,28H,9,11H2,1H3. The molecule has 0 aliphatic rings. The number of fused-ring (bicyclic) bond motifs is 1. The molecule has 0 amide bonds. The summed E-state index contributed by atoms with van der Waals surface area (Å²) in [5.74, 6) is 0.732. The second-order valence-corrected chi connectivity index (χ2v) is 6.20. The van der Waals surface area contributed by atoms with Crippen LogP contribution >= 0.6 is 0 Å². The van der Waals surface area contributed by atoms with Crippen LogP contribution < -0.4 is 10.1 Å². The average molecular weight is 379 g/mol. The third-order valence-corrected chi connectivity index (χ3v) is 4.47. The van der Waals surface area contributed by atoms with E-state index in [1.165, 1.54) is 0 Å². The van der Waals surface area contributed by atoms with E-state index < -0.39 is 0 Å². The van der Waals surface area contributed by atoms with Gasteiger partial charge in [0.1, 0.15) is 35.2 Å². The van der Waals surface area contributed by atoms with Crippen LogP contribution in [0.3, 0.4) is 0 Å². The van der Waals surface area contributed by atoms with Crippen LogP contribution in [0.4, 0.5) is 5.69 Å². The van der Waals surface area contributed by atoms with Crippen molar-refractivity contribution in [1.29, 1.82) is 15.8 Å². The lowest BCUT2D eigenvalue weighted by Crippen LogP contribution is -2.04. The summed E-state index contributed by atoms with van der Waals surface area (Å²) in [6, 6.07) is 22.7. The van der Waals surface area contributed by atoms with Crippen molar-refractivity contribution in [2.24, 2.45) is 0 Å². The van der Waals surface area contributed by atoms with Gasteiger partial charge >= 0.3 is 0 Å². The second-order valence-electron chi connectivity index (χ2n) is 6.20. The summed E-state index contributed by atoms with van der Waals surface area (Å²) in [6.07, 6.45) is 1.35. The predicted octanol–water partition coefficient (Wildman–Crippen LogP) is 4.27. The van der Waals surface area contributed by atoms with Crippen molar-refractivity contribution in [3.63, 3.8) is 0 Å². The molecule has 0 aliphatic carbocycles. The highest BCUT2D eigenvalue weighted by Gasteiger charge is 2.10. The molecule has 0 bridgehead atoms. The Kier molecular flexibility index (Phi) is 6.05. The summed E-state index contributed by atoms with van der Waals surface area (Å²) in [7, 11) is 1.63. The Bertz CT molecular complexity index is 1190. The highest BCUT2D eigenvalue weighted by Crippen LogP contribution is 2.25. The SMILES string of the molecule is COc1cccc2ccc(CCc3ccccc3NC(C#N)=C(C#N)C#N)nc12. The van der Waals surface area contributed by atoms with Crippen molar-refractivity contribution in [3.05, 3.63) is 77.1 Å². The van der Waals surface area contributed by atoms with E-state index in [9.17, 15) is 5.26 Å². The third-order valence-electron chi connectivity index (χ3n) is 4.47. The molecule has 0 saturated carbocycles. The molecule has 0 atom stereocenters. The molecule has 0 unspecified atom stereocenters. The highest BCUT2D eigenvalue weighted by atomic mass is 16.5. The number of aromatic nitrogens is 1. The molecule has 0 fully saturated rings. The molecule has 6 heteroatoms. The van der Waals surface area contributed by atoms with Gasteiger partial charge < -0.3 is 10.1 Å². The Morgan fingerprint density at radius 1 is 0.931 bits per heavy atom. The predicted molar refractivity (Wildman–Crippen MR) is 110 cm³/mol. The Labute approximate surface area is 168 Å². The van der Waals surface area contributed by atoms with Crippen LogP contribution in [0.1, 0.15) is 11.3 Å². The number of nitriles is 3. The molecular formula is C23H17N5O. The topological polar surface area (TPSA) is 106 Å². The molecule has 0 radical (unpaired) electrons. The van der Waals surface area contributed by atoms with Gasteiger partial charge in [-0.15, -0.1) is 0 Å². The summed E-state index contributed by atoms with van der Waals surface area (Å²) in [6.45, 7) is 0. The number of hydrogen-bond donors (Lipinski definition) is 1. The minimum Gasteiger partial charge on any atom is -0.494 e. The highest BCUT2D eigenvalue weighted by molar-refractivity contribution is 5.84. The van der Waals surface area contributed by atoms with Gasteiger partial charge in [0, 0.05) is 16.8 Å².